The molecule has 156 valence electrons. The zero-order valence-corrected chi connectivity index (χ0v) is 16.4. The maximum Gasteiger partial charge on any atom is 0.337 e. The molecule has 1 aromatic carbocycles. The SMILES string of the molecule is COC(=O)c1cc(NC(=O)CN2C(=O)C3C4C=CC(C4)C3C2=O)cc(C(=O)OC)c1. The maximum absolute atomic E-state index is 12.7. The number of nitrogens with zero attached hydrogens (tertiary/aromatic N) is 1. The molecule has 4 unspecified atom stereocenters. The van der Waals surface area contributed by atoms with E-state index in [9.17, 15) is 24.0 Å². The second-order valence-electron chi connectivity index (χ2n) is 7.59. The lowest BCUT2D eigenvalue weighted by molar-refractivity contribution is -0.143. The zero-order chi connectivity index (χ0) is 21.6. The van der Waals surface area contributed by atoms with Crippen molar-refractivity contribution in [1.29, 1.82) is 0 Å². The fraction of sp³-hybridized carbons (Fsp3) is 0.381. The van der Waals surface area contributed by atoms with Crippen molar-refractivity contribution < 1.29 is 33.4 Å². The Labute approximate surface area is 172 Å². The number of esters is 2. The molecular weight excluding hydrogens is 392 g/mol. The van der Waals surface area contributed by atoms with Gasteiger partial charge in [-0.1, -0.05) is 12.2 Å². The first-order valence-corrected chi connectivity index (χ1v) is 9.49. The van der Waals surface area contributed by atoms with Gasteiger partial charge >= 0.3 is 11.9 Å². The van der Waals surface area contributed by atoms with Crippen LogP contribution in [0.25, 0.3) is 0 Å². The summed E-state index contributed by atoms with van der Waals surface area (Å²) in [6.45, 7) is -0.430. The molecule has 3 amide bonds. The molecule has 1 N–H and O–H groups in total. The maximum atomic E-state index is 12.7. The Morgan fingerprint density at radius 3 is 1.90 bits per heavy atom. The van der Waals surface area contributed by atoms with Crippen LogP contribution in [0, 0.1) is 23.7 Å². The summed E-state index contributed by atoms with van der Waals surface area (Å²) in [5.74, 6) is -3.30. The van der Waals surface area contributed by atoms with E-state index in [1.165, 1.54) is 32.4 Å². The van der Waals surface area contributed by atoms with Gasteiger partial charge in [-0.15, -0.1) is 0 Å². The molecule has 0 radical (unpaired) electrons. The van der Waals surface area contributed by atoms with Crippen LogP contribution < -0.4 is 5.32 Å². The number of fused-ring (bicyclic) bond motifs is 5. The van der Waals surface area contributed by atoms with Gasteiger partial charge in [-0.05, 0) is 36.5 Å². The Kier molecular flexibility index (Phi) is 4.89. The van der Waals surface area contributed by atoms with E-state index in [2.05, 4.69) is 14.8 Å². The average molecular weight is 412 g/mol. The largest absolute Gasteiger partial charge is 0.465 e. The standard InChI is InChI=1S/C21H20N2O7/c1-29-20(27)12-6-13(21(28)30-2)8-14(7-12)22-15(24)9-23-18(25)16-10-3-4-11(5-10)17(16)19(23)26/h3-4,6-8,10-11,16-17H,5,9H2,1-2H3,(H,22,24). The van der Waals surface area contributed by atoms with E-state index in [1.807, 2.05) is 12.2 Å². The monoisotopic (exact) mass is 412 g/mol. The zero-order valence-electron chi connectivity index (χ0n) is 16.4. The van der Waals surface area contributed by atoms with Crippen LogP contribution in [0.5, 0.6) is 0 Å². The number of hydrogen-bond donors (Lipinski definition) is 1. The molecule has 0 spiro atoms. The molecular formula is C21H20N2O7. The third kappa shape index (κ3) is 3.16. The van der Waals surface area contributed by atoms with Gasteiger partial charge in [-0.25, -0.2) is 9.59 Å². The predicted octanol–water partition coefficient (Wildman–Crippen LogP) is 1.01. The Morgan fingerprint density at radius 2 is 1.43 bits per heavy atom. The van der Waals surface area contributed by atoms with E-state index >= 15 is 0 Å². The van der Waals surface area contributed by atoms with Gasteiger partial charge in [0.1, 0.15) is 6.54 Å². The van der Waals surface area contributed by atoms with E-state index < -0.39 is 24.4 Å². The second kappa shape index (κ2) is 7.40. The molecule has 1 saturated heterocycles. The molecule has 2 fully saturated rings. The quantitative estimate of drug-likeness (QED) is 0.435. The fourth-order valence-corrected chi connectivity index (χ4v) is 4.64. The van der Waals surface area contributed by atoms with Crippen LogP contribution in [0.3, 0.4) is 0 Å². The highest BCUT2D eigenvalue weighted by Crippen LogP contribution is 2.52. The number of likely N-dealkylation sites (tertiary alicyclic amines) is 1. The highest BCUT2D eigenvalue weighted by atomic mass is 16.5. The number of nitrogens with one attached hydrogen (secondary N) is 1. The smallest absolute Gasteiger partial charge is 0.337 e. The van der Waals surface area contributed by atoms with Crippen LogP contribution in [0.2, 0.25) is 0 Å². The Morgan fingerprint density at radius 1 is 0.933 bits per heavy atom. The van der Waals surface area contributed by atoms with E-state index in [1.54, 1.807) is 0 Å². The van der Waals surface area contributed by atoms with Crippen molar-refractivity contribution in [2.75, 3.05) is 26.1 Å². The minimum atomic E-state index is -0.697. The average Bonchev–Trinajstić information content (AvgIpc) is 3.42. The minimum absolute atomic E-state index is 0.0428. The third-order valence-corrected chi connectivity index (χ3v) is 5.92. The Hall–Kier alpha value is -3.49. The Bertz CT molecular complexity index is 935. The summed E-state index contributed by atoms with van der Waals surface area (Å²) in [5, 5.41) is 2.54. The number of carbonyl (C=O) groups excluding carboxylic acids is 5. The number of methoxy groups -OCH3 is 2. The fourth-order valence-electron chi connectivity index (χ4n) is 4.64. The predicted molar refractivity (Wildman–Crippen MR) is 102 cm³/mol. The summed E-state index contributed by atoms with van der Waals surface area (Å²) >= 11 is 0. The highest BCUT2D eigenvalue weighted by molar-refractivity contribution is 6.10. The van der Waals surface area contributed by atoms with Crippen molar-refractivity contribution in [3.05, 3.63) is 41.5 Å². The van der Waals surface area contributed by atoms with Crippen LogP contribution in [-0.4, -0.2) is 55.3 Å². The van der Waals surface area contributed by atoms with Crippen LogP contribution >= 0.6 is 0 Å². The summed E-state index contributed by atoms with van der Waals surface area (Å²) in [4.78, 5) is 62.7. The van der Waals surface area contributed by atoms with Gasteiger partial charge in [-0.2, -0.15) is 0 Å². The summed E-state index contributed by atoms with van der Waals surface area (Å²) in [6, 6.07) is 3.95. The summed E-state index contributed by atoms with van der Waals surface area (Å²) < 4.78 is 9.32. The van der Waals surface area contributed by atoms with E-state index in [-0.39, 0.29) is 52.3 Å². The Balaban J connectivity index is 1.50. The number of anilines is 1. The van der Waals surface area contributed by atoms with Gasteiger partial charge in [0.15, 0.2) is 0 Å². The number of hydrogen-bond acceptors (Lipinski definition) is 7. The lowest BCUT2D eigenvalue weighted by Crippen LogP contribution is -2.39. The van der Waals surface area contributed by atoms with Crippen molar-refractivity contribution in [2.45, 2.75) is 6.42 Å². The van der Waals surface area contributed by atoms with Gasteiger partial charge in [0.05, 0.1) is 37.2 Å². The van der Waals surface area contributed by atoms with E-state index in [0.29, 0.717) is 0 Å². The number of imide groups is 1. The summed E-state index contributed by atoms with van der Waals surface area (Å²) in [7, 11) is 2.38. The number of rotatable bonds is 5. The first-order chi connectivity index (χ1) is 14.3. The van der Waals surface area contributed by atoms with Crippen molar-refractivity contribution in [3.63, 3.8) is 0 Å². The summed E-state index contributed by atoms with van der Waals surface area (Å²) in [6.07, 6.45) is 4.77. The minimum Gasteiger partial charge on any atom is -0.465 e. The molecule has 4 rings (SSSR count). The molecule has 3 aliphatic rings. The molecule has 30 heavy (non-hydrogen) atoms. The lowest BCUT2D eigenvalue weighted by Gasteiger charge is -2.17. The summed E-state index contributed by atoms with van der Waals surface area (Å²) in [5.41, 5.74) is 0.228. The second-order valence-corrected chi connectivity index (χ2v) is 7.59. The van der Waals surface area contributed by atoms with Crippen LogP contribution in [-0.2, 0) is 23.9 Å². The third-order valence-electron chi connectivity index (χ3n) is 5.92. The number of benzene rings is 1. The van der Waals surface area contributed by atoms with Gasteiger partial charge in [0.2, 0.25) is 17.7 Å². The molecule has 1 heterocycles. The topological polar surface area (TPSA) is 119 Å². The van der Waals surface area contributed by atoms with Crippen molar-refractivity contribution in [1.82, 2.24) is 4.90 Å². The molecule has 2 aliphatic carbocycles. The normalized spacial score (nSPS) is 26.0. The van der Waals surface area contributed by atoms with Gasteiger partial charge in [0.25, 0.3) is 0 Å². The number of ether oxygens (including phenoxy) is 2. The molecule has 9 nitrogen and oxygen atoms in total. The number of amides is 3. The van der Waals surface area contributed by atoms with Crippen LogP contribution in [0.4, 0.5) is 5.69 Å². The van der Waals surface area contributed by atoms with Gasteiger partial charge in [0, 0.05) is 5.69 Å². The highest BCUT2D eigenvalue weighted by Gasteiger charge is 2.59. The first kappa shape index (κ1) is 19.8. The molecule has 4 atom stereocenters. The molecule has 0 aromatic heterocycles. The van der Waals surface area contributed by atoms with Gasteiger partial charge < -0.3 is 14.8 Å². The van der Waals surface area contributed by atoms with E-state index in [4.69, 9.17) is 0 Å². The number of carbonyl (C=O) groups is 5. The van der Waals surface area contributed by atoms with Crippen molar-refractivity contribution >= 4 is 35.3 Å². The van der Waals surface area contributed by atoms with Crippen LogP contribution in [0.15, 0.2) is 30.4 Å². The van der Waals surface area contributed by atoms with Crippen molar-refractivity contribution in [2.24, 2.45) is 23.7 Å². The lowest BCUT2D eigenvalue weighted by atomic mass is 9.85. The van der Waals surface area contributed by atoms with E-state index in [0.717, 1.165) is 11.3 Å². The first-order valence-electron chi connectivity index (χ1n) is 9.49. The molecule has 9 heteroatoms. The number of allylic oxidation sites excluding steroid dienone is 2. The van der Waals surface area contributed by atoms with Crippen molar-refractivity contribution in [3.8, 4) is 0 Å². The molecule has 1 aliphatic heterocycles. The molecule has 2 bridgehead atoms. The molecule has 1 aromatic rings. The molecule has 1 saturated carbocycles. The van der Waals surface area contributed by atoms with Gasteiger partial charge in [-0.3, -0.25) is 19.3 Å². The van der Waals surface area contributed by atoms with Crippen LogP contribution in [0.1, 0.15) is 27.1 Å².